The first-order chi connectivity index (χ1) is 6.86. The molecule has 0 aromatic heterocycles. The quantitative estimate of drug-likeness (QED) is 0.705. The maximum Gasteiger partial charge on any atom is 0.411 e. The highest BCUT2D eigenvalue weighted by molar-refractivity contribution is 4.96. The van der Waals surface area contributed by atoms with Gasteiger partial charge in [0.2, 0.25) is 0 Å². The van der Waals surface area contributed by atoms with Gasteiger partial charge in [-0.2, -0.15) is 13.2 Å². The molecule has 0 heterocycles. The van der Waals surface area contributed by atoms with Crippen LogP contribution in [-0.2, 0) is 4.74 Å². The average Bonchev–Trinajstić information content (AvgIpc) is 2.82. The van der Waals surface area contributed by atoms with Gasteiger partial charge in [-0.3, -0.25) is 0 Å². The molecule has 1 rings (SSSR count). The number of aliphatic hydroxyl groups excluding tert-OH is 1. The predicted molar refractivity (Wildman–Crippen MR) is 49.5 cm³/mol. The van der Waals surface area contributed by atoms with Crippen molar-refractivity contribution in [3.05, 3.63) is 0 Å². The van der Waals surface area contributed by atoms with Crippen LogP contribution in [0.25, 0.3) is 0 Å². The molecule has 1 aliphatic rings. The third-order valence-corrected chi connectivity index (χ3v) is 3.01. The van der Waals surface area contributed by atoms with Crippen molar-refractivity contribution in [1.29, 1.82) is 0 Å². The van der Waals surface area contributed by atoms with Crippen molar-refractivity contribution in [2.75, 3.05) is 13.2 Å². The molecule has 0 bridgehead atoms. The molecule has 0 aromatic rings. The van der Waals surface area contributed by atoms with E-state index in [1.54, 1.807) is 6.92 Å². The summed E-state index contributed by atoms with van der Waals surface area (Å²) in [7, 11) is 0. The van der Waals surface area contributed by atoms with Crippen molar-refractivity contribution in [2.24, 2.45) is 5.41 Å². The fourth-order valence-corrected chi connectivity index (χ4v) is 1.75. The summed E-state index contributed by atoms with van der Waals surface area (Å²) in [4.78, 5) is 0. The molecule has 1 atom stereocenters. The van der Waals surface area contributed by atoms with E-state index in [2.05, 4.69) is 4.74 Å². The minimum absolute atomic E-state index is 0.0262. The zero-order valence-corrected chi connectivity index (χ0v) is 8.81. The second kappa shape index (κ2) is 4.70. The molecular weight excluding hydrogens is 209 g/mol. The van der Waals surface area contributed by atoms with E-state index in [0.717, 1.165) is 19.3 Å². The van der Waals surface area contributed by atoms with Gasteiger partial charge in [0, 0.05) is 6.61 Å². The van der Waals surface area contributed by atoms with Crippen molar-refractivity contribution in [3.63, 3.8) is 0 Å². The molecule has 90 valence electrons. The van der Waals surface area contributed by atoms with Gasteiger partial charge in [0.05, 0.1) is 6.10 Å². The molecule has 5 heteroatoms. The first-order valence-electron chi connectivity index (χ1n) is 5.18. The minimum atomic E-state index is -4.23. The maximum atomic E-state index is 11.7. The summed E-state index contributed by atoms with van der Waals surface area (Å²) in [5.74, 6) is 0. The number of ether oxygens (including phenoxy) is 1. The Morgan fingerprint density at radius 3 is 2.40 bits per heavy atom. The van der Waals surface area contributed by atoms with Gasteiger partial charge in [-0.25, -0.2) is 0 Å². The number of alkyl halides is 3. The number of hydrogen-bond acceptors (Lipinski definition) is 2. The molecule has 0 amide bonds. The van der Waals surface area contributed by atoms with E-state index >= 15 is 0 Å². The van der Waals surface area contributed by atoms with Crippen LogP contribution in [0.2, 0.25) is 0 Å². The summed E-state index contributed by atoms with van der Waals surface area (Å²) < 4.78 is 39.6. The second-order valence-electron chi connectivity index (χ2n) is 4.31. The highest BCUT2D eigenvalue weighted by atomic mass is 19.4. The Bertz CT molecular complexity index is 197. The molecule has 0 aliphatic heterocycles. The Hall–Kier alpha value is -0.290. The highest BCUT2D eigenvalue weighted by Gasteiger charge is 2.45. The minimum Gasteiger partial charge on any atom is -0.393 e. The number of halogens is 3. The van der Waals surface area contributed by atoms with Crippen molar-refractivity contribution < 1.29 is 23.0 Å². The molecule has 0 radical (unpaired) electrons. The van der Waals surface area contributed by atoms with Gasteiger partial charge < -0.3 is 9.84 Å². The van der Waals surface area contributed by atoms with Crippen LogP contribution in [0.3, 0.4) is 0 Å². The Labute approximate surface area is 87.4 Å². The van der Waals surface area contributed by atoms with Crippen LogP contribution in [0, 0.1) is 5.41 Å². The lowest BCUT2D eigenvalue weighted by atomic mass is 9.95. The van der Waals surface area contributed by atoms with E-state index < -0.39 is 12.8 Å². The number of aliphatic hydroxyl groups is 1. The van der Waals surface area contributed by atoms with Crippen LogP contribution in [0.5, 0.6) is 0 Å². The fourth-order valence-electron chi connectivity index (χ4n) is 1.75. The van der Waals surface area contributed by atoms with Gasteiger partial charge in [-0.1, -0.05) is 0 Å². The smallest absolute Gasteiger partial charge is 0.393 e. The monoisotopic (exact) mass is 226 g/mol. The molecule has 1 aliphatic carbocycles. The molecule has 15 heavy (non-hydrogen) atoms. The molecule has 0 spiro atoms. The zero-order valence-electron chi connectivity index (χ0n) is 8.81. The highest BCUT2D eigenvalue weighted by Crippen LogP contribution is 2.52. The first kappa shape index (κ1) is 12.8. The number of hydrogen-bond donors (Lipinski definition) is 1. The SMILES string of the molecule is CC(O)C1(CCCOCC(F)(F)F)CC1. The molecule has 0 saturated heterocycles. The van der Waals surface area contributed by atoms with Crippen LogP contribution >= 0.6 is 0 Å². The molecule has 1 saturated carbocycles. The van der Waals surface area contributed by atoms with E-state index in [1.807, 2.05) is 0 Å². The summed E-state index contributed by atoms with van der Waals surface area (Å²) >= 11 is 0. The Kier molecular flexibility index (Phi) is 4.00. The van der Waals surface area contributed by atoms with Crippen molar-refractivity contribution >= 4 is 0 Å². The van der Waals surface area contributed by atoms with Crippen LogP contribution in [0.15, 0.2) is 0 Å². The van der Waals surface area contributed by atoms with Crippen LogP contribution in [0.4, 0.5) is 13.2 Å². The van der Waals surface area contributed by atoms with Gasteiger partial charge in [0.15, 0.2) is 0 Å². The van der Waals surface area contributed by atoms with Crippen molar-refractivity contribution in [2.45, 2.75) is 44.9 Å². The summed E-state index contributed by atoms with van der Waals surface area (Å²) in [5.41, 5.74) is -0.0262. The first-order valence-corrected chi connectivity index (χ1v) is 5.18. The lowest BCUT2D eigenvalue weighted by molar-refractivity contribution is -0.174. The van der Waals surface area contributed by atoms with Gasteiger partial charge in [0.1, 0.15) is 6.61 Å². The molecule has 0 aromatic carbocycles. The van der Waals surface area contributed by atoms with Crippen LogP contribution in [-0.4, -0.2) is 30.6 Å². The average molecular weight is 226 g/mol. The van der Waals surface area contributed by atoms with Crippen molar-refractivity contribution in [3.8, 4) is 0 Å². The Balaban J connectivity index is 2.03. The van der Waals surface area contributed by atoms with Gasteiger partial charge >= 0.3 is 6.18 Å². The van der Waals surface area contributed by atoms with Crippen LogP contribution < -0.4 is 0 Å². The van der Waals surface area contributed by atoms with Crippen LogP contribution in [0.1, 0.15) is 32.6 Å². The van der Waals surface area contributed by atoms with E-state index in [9.17, 15) is 18.3 Å². The summed E-state index contributed by atoms with van der Waals surface area (Å²) in [6.45, 7) is 0.687. The normalized spacial score (nSPS) is 21.4. The van der Waals surface area contributed by atoms with Gasteiger partial charge in [-0.05, 0) is 38.0 Å². The van der Waals surface area contributed by atoms with E-state index in [4.69, 9.17) is 0 Å². The van der Waals surface area contributed by atoms with E-state index in [0.29, 0.717) is 6.42 Å². The molecular formula is C10H17F3O2. The zero-order chi connectivity index (χ0) is 11.5. The summed E-state index contributed by atoms with van der Waals surface area (Å²) in [6, 6.07) is 0. The Morgan fingerprint density at radius 2 is 2.00 bits per heavy atom. The number of rotatable bonds is 6. The Morgan fingerprint density at radius 1 is 1.40 bits per heavy atom. The standard InChI is InChI=1S/C10H17F3O2/c1-8(14)9(4-5-9)3-2-6-15-7-10(11,12)13/h8,14H,2-7H2,1H3. The van der Waals surface area contributed by atoms with Gasteiger partial charge in [0.25, 0.3) is 0 Å². The third kappa shape index (κ3) is 4.38. The predicted octanol–water partition coefficient (Wildman–Crippen LogP) is 2.51. The second-order valence-corrected chi connectivity index (χ2v) is 4.31. The maximum absolute atomic E-state index is 11.7. The van der Waals surface area contributed by atoms with E-state index in [-0.39, 0.29) is 18.1 Å². The molecule has 1 fully saturated rings. The summed E-state index contributed by atoms with van der Waals surface area (Å²) in [5, 5.41) is 9.41. The van der Waals surface area contributed by atoms with Gasteiger partial charge in [-0.15, -0.1) is 0 Å². The molecule has 1 N–H and O–H groups in total. The topological polar surface area (TPSA) is 29.5 Å². The lowest BCUT2D eigenvalue weighted by Crippen LogP contribution is -2.20. The summed E-state index contributed by atoms with van der Waals surface area (Å²) in [6.07, 6.45) is -1.31. The van der Waals surface area contributed by atoms with E-state index in [1.165, 1.54) is 0 Å². The lowest BCUT2D eigenvalue weighted by Gasteiger charge is -2.18. The van der Waals surface area contributed by atoms with Crippen molar-refractivity contribution in [1.82, 2.24) is 0 Å². The third-order valence-electron chi connectivity index (χ3n) is 3.01. The fraction of sp³-hybridized carbons (Fsp3) is 1.00. The molecule has 2 nitrogen and oxygen atoms in total. The molecule has 1 unspecified atom stereocenters. The largest absolute Gasteiger partial charge is 0.411 e.